The monoisotopic (exact) mass is 379 g/mol. The van der Waals surface area contributed by atoms with E-state index < -0.39 is 0 Å². The van der Waals surface area contributed by atoms with Crippen molar-refractivity contribution in [2.45, 2.75) is 37.9 Å². The van der Waals surface area contributed by atoms with Crippen LogP contribution in [-0.4, -0.2) is 27.8 Å². The smallest absolute Gasteiger partial charge is 0.262 e. The Kier molecular flexibility index (Phi) is 7.52. The molecule has 1 amide bonds. The van der Waals surface area contributed by atoms with Gasteiger partial charge in [-0.1, -0.05) is 49.2 Å². The highest BCUT2D eigenvalue weighted by Gasteiger charge is 2.13. The van der Waals surface area contributed by atoms with E-state index in [9.17, 15) is 9.59 Å². The second-order valence-electron chi connectivity index (χ2n) is 5.60. The third-order valence-electron chi connectivity index (χ3n) is 3.64. The first-order valence-electron chi connectivity index (χ1n) is 8.27. The molecule has 2 rings (SSSR count). The maximum atomic E-state index is 12.8. The average Bonchev–Trinajstić information content (AvgIpc) is 2.60. The lowest BCUT2D eigenvalue weighted by Crippen LogP contribution is -2.27. The quantitative estimate of drug-likeness (QED) is 0.313. The minimum absolute atomic E-state index is 0.0910. The van der Waals surface area contributed by atoms with Gasteiger partial charge in [-0.25, -0.2) is 4.98 Å². The van der Waals surface area contributed by atoms with E-state index in [-0.39, 0.29) is 17.2 Å². The first-order chi connectivity index (χ1) is 12.1. The Morgan fingerprint density at radius 1 is 1.44 bits per heavy atom. The van der Waals surface area contributed by atoms with Gasteiger partial charge in [-0.15, -0.1) is 6.58 Å². The predicted octanol–water partition coefficient (Wildman–Crippen LogP) is 3.63. The van der Waals surface area contributed by atoms with Gasteiger partial charge in [0.1, 0.15) is 0 Å². The highest BCUT2D eigenvalue weighted by atomic mass is 35.5. The molecular weight excluding hydrogens is 358 g/mol. The predicted molar refractivity (Wildman–Crippen MR) is 104 cm³/mol. The number of unbranched alkanes of at least 4 members (excludes halogenated alkanes) is 2. The van der Waals surface area contributed by atoms with E-state index in [1.807, 2.05) is 0 Å². The second-order valence-corrected chi connectivity index (χ2v) is 6.98. The number of fused-ring (bicyclic) bond motifs is 1. The average molecular weight is 380 g/mol. The van der Waals surface area contributed by atoms with Crippen molar-refractivity contribution < 1.29 is 4.79 Å². The minimum atomic E-state index is -0.120. The molecule has 0 unspecified atom stereocenters. The number of amides is 1. The van der Waals surface area contributed by atoms with Crippen LogP contribution in [0.5, 0.6) is 0 Å². The van der Waals surface area contributed by atoms with Crippen molar-refractivity contribution in [1.29, 1.82) is 0 Å². The lowest BCUT2D eigenvalue weighted by Gasteiger charge is -2.13. The number of nitrogens with one attached hydrogen (secondary N) is 1. The summed E-state index contributed by atoms with van der Waals surface area (Å²) in [5.41, 5.74) is 0.463. The first-order valence-corrected chi connectivity index (χ1v) is 9.63. The molecule has 0 aliphatic heterocycles. The standard InChI is InChI=1S/C18H22ClN3O2S/c1-3-5-6-10-22-17(24)14-8-7-13(19)11-15(14)21-18(22)25-12-16(23)20-9-4-2/h4,7-8,11H,2-3,5-6,9-10,12H2,1H3,(H,20,23). The van der Waals surface area contributed by atoms with Crippen LogP contribution in [-0.2, 0) is 11.3 Å². The Morgan fingerprint density at radius 2 is 2.24 bits per heavy atom. The fourth-order valence-electron chi connectivity index (χ4n) is 2.37. The Morgan fingerprint density at radius 3 is 2.96 bits per heavy atom. The van der Waals surface area contributed by atoms with Gasteiger partial charge in [0.25, 0.3) is 5.56 Å². The van der Waals surface area contributed by atoms with Crippen LogP contribution < -0.4 is 10.9 Å². The molecule has 134 valence electrons. The molecule has 0 atom stereocenters. The third-order valence-corrected chi connectivity index (χ3v) is 4.86. The van der Waals surface area contributed by atoms with Crippen LogP contribution in [0, 0.1) is 0 Å². The van der Waals surface area contributed by atoms with Gasteiger partial charge in [0.05, 0.1) is 16.7 Å². The minimum Gasteiger partial charge on any atom is -0.352 e. The van der Waals surface area contributed by atoms with E-state index in [0.717, 1.165) is 19.3 Å². The summed E-state index contributed by atoms with van der Waals surface area (Å²) in [4.78, 5) is 29.2. The van der Waals surface area contributed by atoms with E-state index >= 15 is 0 Å². The molecule has 5 nitrogen and oxygen atoms in total. The Hall–Kier alpha value is -1.79. The number of carbonyl (C=O) groups excluding carboxylic acids is 1. The number of nitrogens with zero attached hydrogens (tertiary/aromatic N) is 2. The van der Waals surface area contributed by atoms with Crippen LogP contribution in [0.15, 0.2) is 40.8 Å². The maximum Gasteiger partial charge on any atom is 0.262 e. The van der Waals surface area contributed by atoms with E-state index in [4.69, 9.17) is 11.6 Å². The largest absolute Gasteiger partial charge is 0.352 e. The summed E-state index contributed by atoms with van der Waals surface area (Å²) >= 11 is 7.28. The maximum absolute atomic E-state index is 12.8. The van der Waals surface area contributed by atoms with Crippen molar-refractivity contribution in [2.24, 2.45) is 0 Å². The highest BCUT2D eigenvalue weighted by molar-refractivity contribution is 7.99. The van der Waals surface area contributed by atoms with Crippen molar-refractivity contribution in [3.8, 4) is 0 Å². The molecule has 7 heteroatoms. The molecule has 0 aliphatic carbocycles. The topological polar surface area (TPSA) is 64.0 Å². The number of rotatable bonds is 9. The van der Waals surface area contributed by atoms with Gasteiger partial charge in [-0.3, -0.25) is 14.2 Å². The number of carbonyl (C=O) groups is 1. The number of aromatic nitrogens is 2. The van der Waals surface area contributed by atoms with Crippen molar-refractivity contribution in [2.75, 3.05) is 12.3 Å². The summed E-state index contributed by atoms with van der Waals surface area (Å²) < 4.78 is 1.66. The van der Waals surface area contributed by atoms with Crippen LogP contribution in [0.25, 0.3) is 10.9 Å². The summed E-state index contributed by atoms with van der Waals surface area (Å²) in [6.07, 6.45) is 4.62. The van der Waals surface area contributed by atoms with E-state index in [1.54, 1.807) is 28.8 Å². The summed E-state index contributed by atoms with van der Waals surface area (Å²) in [6, 6.07) is 5.07. The van der Waals surface area contributed by atoms with Gasteiger partial charge >= 0.3 is 0 Å². The van der Waals surface area contributed by atoms with Crippen molar-refractivity contribution in [3.63, 3.8) is 0 Å². The van der Waals surface area contributed by atoms with Crippen LogP contribution in [0.3, 0.4) is 0 Å². The molecule has 2 aromatic rings. The van der Waals surface area contributed by atoms with Crippen molar-refractivity contribution >= 4 is 40.2 Å². The van der Waals surface area contributed by atoms with Gasteiger partial charge in [0.2, 0.25) is 5.91 Å². The summed E-state index contributed by atoms with van der Waals surface area (Å²) in [7, 11) is 0. The summed E-state index contributed by atoms with van der Waals surface area (Å²) in [5.74, 6) is 0.0746. The Labute approximate surface area is 156 Å². The van der Waals surface area contributed by atoms with Crippen molar-refractivity contribution in [3.05, 3.63) is 46.2 Å². The number of hydrogen-bond acceptors (Lipinski definition) is 4. The fourth-order valence-corrected chi connectivity index (χ4v) is 3.39. The molecule has 0 aliphatic rings. The third kappa shape index (κ3) is 5.34. The van der Waals surface area contributed by atoms with Crippen LogP contribution in [0.1, 0.15) is 26.2 Å². The second kappa shape index (κ2) is 9.63. The van der Waals surface area contributed by atoms with Gasteiger partial charge in [-0.05, 0) is 24.6 Å². The normalized spacial score (nSPS) is 10.8. The van der Waals surface area contributed by atoms with E-state index in [1.165, 1.54) is 11.8 Å². The number of benzene rings is 1. The summed E-state index contributed by atoms with van der Waals surface area (Å²) in [5, 5.41) is 4.34. The van der Waals surface area contributed by atoms with Crippen molar-refractivity contribution in [1.82, 2.24) is 14.9 Å². The lowest BCUT2D eigenvalue weighted by molar-refractivity contribution is -0.118. The van der Waals surface area contributed by atoms with Crippen LogP contribution >= 0.6 is 23.4 Å². The highest BCUT2D eigenvalue weighted by Crippen LogP contribution is 2.21. The zero-order chi connectivity index (χ0) is 18.2. The van der Waals surface area contributed by atoms with Gasteiger partial charge < -0.3 is 5.32 Å². The number of thioether (sulfide) groups is 1. The zero-order valence-corrected chi connectivity index (χ0v) is 15.8. The van der Waals surface area contributed by atoms with Gasteiger partial charge in [-0.2, -0.15) is 0 Å². The molecule has 1 N–H and O–H groups in total. The lowest BCUT2D eigenvalue weighted by atomic mass is 10.2. The van der Waals surface area contributed by atoms with E-state index in [2.05, 4.69) is 23.8 Å². The molecule has 0 saturated carbocycles. The SMILES string of the molecule is C=CCNC(=O)CSc1nc2cc(Cl)ccc2c(=O)n1CCCCC. The molecule has 0 radical (unpaired) electrons. The molecule has 0 bridgehead atoms. The molecule has 1 aromatic carbocycles. The molecule has 0 saturated heterocycles. The molecule has 1 aromatic heterocycles. The molecule has 0 fully saturated rings. The molecule has 25 heavy (non-hydrogen) atoms. The zero-order valence-electron chi connectivity index (χ0n) is 14.3. The number of hydrogen-bond donors (Lipinski definition) is 1. The molecule has 0 spiro atoms. The first kappa shape index (κ1) is 19.5. The Bertz CT molecular complexity index is 820. The van der Waals surface area contributed by atoms with Gasteiger partial charge in [0.15, 0.2) is 5.16 Å². The van der Waals surface area contributed by atoms with Crippen LogP contribution in [0.4, 0.5) is 0 Å². The molecule has 1 heterocycles. The summed E-state index contributed by atoms with van der Waals surface area (Å²) in [6.45, 7) is 6.70. The van der Waals surface area contributed by atoms with E-state index in [0.29, 0.717) is 34.2 Å². The fraction of sp³-hybridized carbons (Fsp3) is 0.389. The van der Waals surface area contributed by atoms with Crippen LogP contribution in [0.2, 0.25) is 5.02 Å². The van der Waals surface area contributed by atoms with Gasteiger partial charge in [0, 0.05) is 18.1 Å². The Balaban J connectivity index is 2.33. The molecular formula is C18H22ClN3O2S. The number of halogens is 1.